The smallest absolute Gasteiger partial charge is 0.228 e. The third-order valence-corrected chi connectivity index (χ3v) is 5.20. The molecule has 1 aliphatic rings. The fourth-order valence-corrected chi connectivity index (χ4v) is 3.50. The van der Waals surface area contributed by atoms with Crippen LogP contribution in [0, 0.1) is 0 Å². The number of ether oxygens (including phenoxy) is 5. The molecule has 0 spiro atoms. The molecule has 0 aliphatic carbocycles. The molecule has 5 nitrogen and oxygen atoms in total. The zero-order valence-corrected chi connectivity index (χ0v) is 18.1. The van der Waals surface area contributed by atoms with E-state index in [0.29, 0.717) is 25.6 Å². The first kappa shape index (κ1) is 22.1. The maximum absolute atomic E-state index is 6.32. The minimum absolute atomic E-state index is 0.407. The number of hydrogen-bond donors (Lipinski definition) is 0. The minimum atomic E-state index is -0.608. The van der Waals surface area contributed by atoms with Crippen LogP contribution in [-0.2, 0) is 43.5 Å². The second-order valence-electron chi connectivity index (χ2n) is 7.51. The average molecular weight is 433 g/mol. The maximum atomic E-state index is 6.32. The first-order valence-corrected chi connectivity index (χ1v) is 10.7. The lowest BCUT2D eigenvalue weighted by atomic mass is 10.1. The van der Waals surface area contributed by atoms with E-state index in [-0.39, 0.29) is 0 Å². The van der Waals surface area contributed by atoms with Crippen LogP contribution in [0.25, 0.3) is 0 Å². The Morgan fingerprint density at radius 2 is 1.16 bits per heavy atom. The van der Waals surface area contributed by atoms with E-state index in [1.54, 1.807) is 13.4 Å². The van der Waals surface area contributed by atoms with Crippen molar-refractivity contribution >= 4 is 0 Å². The summed E-state index contributed by atoms with van der Waals surface area (Å²) >= 11 is 0. The van der Waals surface area contributed by atoms with Crippen molar-refractivity contribution in [3.63, 3.8) is 0 Å². The van der Waals surface area contributed by atoms with Gasteiger partial charge in [-0.15, -0.1) is 0 Å². The van der Waals surface area contributed by atoms with Gasteiger partial charge in [0.25, 0.3) is 0 Å². The molecule has 0 bridgehead atoms. The minimum Gasteiger partial charge on any atom is -0.487 e. The summed E-state index contributed by atoms with van der Waals surface area (Å²) < 4.78 is 30.1. The molecule has 0 aromatic heterocycles. The third kappa shape index (κ3) is 5.98. The van der Waals surface area contributed by atoms with Gasteiger partial charge in [-0.25, -0.2) is 0 Å². The van der Waals surface area contributed by atoms with Gasteiger partial charge in [-0.1, -0.05) is 91.0 Å². The molecule has 0 N–H and O–H groups in total. The second-order valence-corrected chi connectivity index (χ2v) is 7.51. The standard InChI is InChI=1S/C27H28O5/c1-28-27-26(31-19-23-15-9-4-10-16-23)25(30-18-22-13-7-3-8-14-22)24(20-32-27)29-17-21-11-5-2-6-12-21/h2-16,20,25-27H,17-19H2,1H3. The van der Waals surface area contributed by atoms with E-state index in [4.69, 9.17) is 23.7 Å². The van der Waals surface area contributed by atoms with Gasteiger partial charge in [0.2, 0.25) is 6.29 Å². The molecule has 0 radical (unpaired) electrons. The third-order valence-electron chi connectivity index (χ3n) is 5.20. The molecule has 3 atom stereocenters. The van der Waals surface area contributed by atoms with Gasteiger partial charge in [0.1, 0.15) is 12.9 Å². The van der Waals surface area contributed by atoms with Crippen LogP contribution in [0.15, 0.2) is 103 Å². The van der Waals surface area contributed by atoms with Crippen LogP contribution >= 0.6 is 0 Å². The molecule has 3 aromatic carbocycles. The molecular weight excluding hydrogens is 404 g/mol. The van der Waals surface area contributed by atoms with Crippen LogP contribution in [0.3, 0.4) is 0 Å². The highest BCUT2D eigenvalue weighted by Gasteiger charge is 2.40. The van der Waals surface area contributed by atoms with Gasteiger partial charge in [0.05, 0.1) is 13.2 Å². The Bertz CT molecular complexity index is 959. The van der Waals surface area contributed by atoms with Gasteiger partial charge in [-0.2, -0.15) is 0 Å². The quantitative estimate of drug-likeness (QED) is 0.440. The van der Waals surface area contributed by atoms with E-state index in [9.17, 15) is 0 Å². The summed E-state index contributed by atoms with van der Waals surface area (Å²) in [5.41, 5.74) is 3.19. The van der Waals surface area contributed by atoms with Gasteiger partial charge >= 0.3 is 0 Å². The lowest BCUT2D eigenvalue weighted by molar-refractivity contribution is -0.226. The van der Waals surface area contributed by atoms with E-state index < -0.39 is 18.5 Å². The van der Waals surface area contributed by atoms with Crippen molar-refractivity contribution in [2.75, 3.05) is 7.11 Å². The second kappa shape index (κ2) is 11.5. The molecule has 0 fully saturated rings. The molecule has 0 amide bonds. The molecule has 4 rings (SSSR count). The van der Waals surface area contributed by atoms with Crippen molar-refractivity contribution in [2.45, 2.75) is 38.3 Å². The van der Waals surface area contributed by atoms with Crippen molar-refractivity contribution in [2.24, 2.45) is 0 Å². The molecule has 1 heterocycles. The molecule has 0 saturated carbocycles. The predicted molar refractivity (Wildman–Crippen MR) is 121 cm³/mol. The summed E-state index contributed by atoms with van der Waals surface area (Å²) in [6, 6.07) is 30.0. The largest absolute Gasteiger partial charge is 0.487 e. The van der Waals surface area contributed by atoms with Crippen LogP contribution in [0.4, 0.5) is 0 Å². The Hall–Kier alpha value is -3.12. The van der Waals surface area contributed by atoms with Crippen LogP contribution in [0.1, 0.15) is 16.7 Å². The molecule has 32 heavy (non-hydrogen) atoms. The van der Waals surface area contributed by atoms with Crippen molar-refractivity contribution in [1.82, 2.24) is 0 Å². The van der Waals surface area contributed by atoms with Gasteiger partial charge in [0, 0.05) is 7.11 Å². The highest BCUT2D eigenvalue weighted by molar-refractivity contribution is 5.17. The van der Waals surface area contributed by atoms with Crippen molar-refractivity contribution in [1.29, 1.82) is 0 Å². The summed E-state index contributed by atoms with van der Waals surface area (Å²) in [6.45, 7) is 1.23. The van der Waals surface area contributed by atoms with Crippen molar-refractivity contribution in [3.05, 3.63) is 120 Å². The highest BCUT2D eigenvalue weighted by Crippen LogP contribution is 2.28. The van der Waals surface area contributed by atoms with Crippen LogP contribution in [0.2, 0.25) is 0 Å². The first-order chi connectivity index (χ1) is 15.8. The van der Waals surface area contributed by atoms with Crippen LogP contribution < -0.4 is 0 Å². The van der Waals surface area contributed by atoms with Gasteiger partial charge < -0.3 is 23.7 Å². The Kier molecular flexibility index (Phi) is 7.93. The number of methoxy groups -OCH3 is 1. The predicted octanol–water partition coefficient (Wildman–Crippen LogP) is 5.22. The summed E-state index contributed by atoms with van der Waals surface area (Å²) in [7, 11) is 1.60. The SMILES string of the molecule is COC1OC=C(OCc2ccccc2)C(OCc2ccccc2)C1OCc1ccccc1. The summed E-state index contributed by atoms with van der Waals surface area (Å²) in [4.78, 5) is 0. The molecule has 3 aromatic rings. The van der Waals surface area contributed by atoms with E-state index in [2.05, 4.69) is 0 Å². The molecule has 5 heteroatoms. The number of rotatable bonds is 10. The highest BCUT2D eigenvalue weighted by atomic mass is 16.7. The molecule has 166 valence electrons. The fraction of sp³-hybridized carbons (Fsp3) is 0.259. The lowest BCUT2D eigenvalue weighted by Gasteiger charge is -2.36. The molecular formula is C27H28O5. The van der Waals surface area contributed by atoms with Crippen LogP contribution in [-0.4, -0.2) is 25.6 Å². The summed E-state index contributed by atoms with van der Waals surface area (Å²) in [5, 5.41) is 0. The van der Waals surface area contributed by atoms with Crippen molar-refractivity contribution in [3.8, 4) is 0 Å². The Labute approximate surface area is 189 Å². The molecule has 3 unspecified atom stereocenters. The monoisotopic (exact) mass is 432 g/mol. The number of benzene rings is 3. The zero-order valence-electron chi connectivity index (χ0n) is 18.1. The first-order valence-electron chi connectivity index (χ1n) is 10.7. The Balaban J connectivity index is 1.51. The van der Waals surface area contributed by atoms with Gasteiger partial charge in [-0.05, 0) is 16.7 Å². The van der Waals surface area contributed by atoms with E-state index in [0.717, 1.165) is 16.7 Å². The summed E-state index contributed by atoms with van der Waals surface area (Å²) in [5.74, 6) is 0.580. The van der Waals surface area contributed by atoms with E-state index >= 15 is 0 Å². The lowest BCUT2D eigenvalue weighted by Crippen LogP contribution is -2.47. The zero-order chi connectivity index (χ0) is 22.0. The number of hydrogen-bond acceptors (Lipinski definition) is 5. The Morgan fingerprint density at radius 3 is 1.69 bits per heavy atom. The maximum Gasteiger partial charge on any atom is 0.228 e. The molecule has 0 saturated heterocycles. The normalized spacial score (nSPS) is 20.3. The van der Waals surface area contributed by atoms with Gasteiger partial charge in [0.15, 0.2) is 18.0 Å². The van der Waals surface area contributed by atoms with Gasteiger partial charge in [-0.3, -0.25) is 0 Å². The van der Waals surface area contributed by atoms with Crippen molar-refractivity contribution < 1.29 is 23.7 Å². The average Bonchev–Trinajstić information content (AvgIpc) is 2.87. The van der Waals surface area contributed by atoms with Crippen LogP contribution in [0.5, 0.6) is 0 Å². The fourth-order valence-electron chi connectivity index (χ4n) is 3.50. The Morgan fingerprint density at radius 1 is 0.656 bits per heavy atom. The van der Waals surface area contributed by atoms with E-state index in [1.165, 1.54) is 0 Å². The summed E-state index contributed by atoms with van der Waals surface area (Å²) in [6.07, 6.45) is -0.0145. The molecule has 1 aliphatic heterocycles. The van der Waals surface area contributed by atoms with E-state index in [1.807, 2.05) is 91.0 Å². The topological polar surface area (TPSA) is 46.2 Å².